The summed E-state index contributed by atoms with van der Waals surface area (Å²) in [5.74, 6) is -12.7. The Balaban J connectivity index is 9.26. The molecule has 12 nitrogen and oxygen atoms in total. The first-order valence-electron chi connectivity index (χ1n) is 12.0. The normalized spacial score (nSPS) is 23.6. The fraction of sp³-hybridized carbons (Fsp3) is 0.750. The maximum absolute atomic E-state index is 13.9. The predicted octanol–water partition coefficient (Wildman–Crippen LogP) is -0.187. The van der Waals surface area contributed by atoms with Gasteiger partial charge < -0.3 is 30.6 Å². The van der Waals surface area contributed by atoms with Gasteiger partial charge in [-0.2, -0.15) is 0 Å². The van der Waals surface area contributed by atoms with Gasteiger partial charge in [-0.05, 0) is 41.5 Å². The number of hydrogen-bond donors (Lipinski definition) is 6. The Bertz CT molecular complexity index is 1090. The highest BCUT2D eigenvalue weighted by atomic mass is 35.5. The molecule has 6 N–H and O–H groups in total. The molecular formula is C24H32Cl6O12. The molecule has 0 saturated carbocycles. The van der Waals surface area contributed by atoms with Crippen molar-refractivity contribution in [2.75, 3.05) is 6.61 Å². The topological polar surface area (TPSA) is 224 Å². The predicted molar refractivity (Wildman–Crippen MR) is 154 cm³/mol. The maximum Gasteiger partial charge on any atom is 0.224 e. The molecule has 0 fully saturated rings. The molecule has 42 heavy (non-hydrogen) atoms. The van der Waals surface area contributed by atoms with E-state index in [4.69, 9.17) is 69.6 Å². The van der Waals surface area contributed by atoms with E-state index in [2.05, 4.69) is 0 Å². The number of rotatable bonds is 17. The summed E-state index contributed by atoms with van der Waals surface area (Å²) in [7, 11) is 0. The van der Waals surface area contributed by atoms with Crippen LogP contribution in [0.4, 0.5) is 0 Å². The fourth-order valence-electron chi connectivity index (χ4n) is 4.54. The molecule has 0 amide bonds. The smallest absolute Gasteiger partial charge is 0.224 e. The number of ketones is 6. The molecule has 0 rings (SSSR count). The van der Waals surface area contributed by atoms with E-state index in [1.54, 1.807) is 0 Å². The summed E-state index contributed by atoms with van der Waals surface area (Å²) >= 11 is 35.0. The quantitative estimate of drug-likeness (QED) is 0.0849. The second-order valence-corrected chi connectivity index (χ2v) is 13.7. The minimum atomic E-state index is -4.96. The first kappa shape index (κ1) is 41.5. The fourth-order valence-corrected chi connectivity index (χ4v) is 5.51. The van der Waals surface area contributed by atoms with Gasteiger partial charge in [0, 0.05) is 0 Å². The lowest BCUT2D eigenvalue weighted by molar-refractivity contribution is -0.290. The van der Waals surface area contributed by atoms with Crippen LogP contribution in [-0.2, 0) is 28.8 Å². The number of hydrogen-bond acceptors (Lipinski definition) is 12. The van der Waals surface area contributed by atoms with Gasteiger partial charge in [-0.15, -0.1) is 69.6 Å². The molecule has 0 bridgehead atoms. The van der Waals surface area contributed by atoms with Gasteiger partial charge in [0.25, 0.3) is 0 Å². The zero-order valence-electron chi connectivity index (χ0n) is 23.1. The molecule has 242 valence electrons. The molecule has 6 unspecified atom stereocenters. The van der Waals surface area contributed by atoms with Crippen LogP contribution < -0.4 is 0 Å². The summed E-state index contributed by atoms with van der Waals surface area (Å²) in [5, 5.41) is 57.3. The van der Waals surface area contributed by atoms with Crippen molar-refractivity contribution in [3.63, 3.8) is 0 Å². The molecule has 0 saturated heterocycles. The number of alkyl halides is 6. The van der Waals surface area contributed by atoms with E-state index in [-0.39, 0.29) is 0 Å². The number of aliphatic hydroxyl groups excluding tert-OH is 1. The largest absolute Gasteiger partial charge is 0.393 e. The van der Waals surface area contributed by atoms with Crippen LogP contribution in [0.2, 0.25) is 0 Å². The number of aliphatic hydroxyl groups is 6. The molecule has 0 aliphatic heterocycles. The Kier molecular flexibility index (Phi) is 14.1. The molecule has 0 heterocycles. The second-order valence-electron chi connectivity index (χ2n) is 9.74. The van der Waals surface area contributed by atoms with Crippen molar-refractivity contribution in [1.29, 1.82) is 0 Å². The Labute approximate surface area is 271 Å². The third kappa shape index (κ3) is 6.04. The third-order valence-corrected chi connectivity index (χ3v) is 7.95. The summed E-state index contributed by atoms with van der Waals surface area (Å²) in [6.45, 7) is 2.58. The molecule has 18 heteroatoms. The lowest BCUT2D eigenvalue weighted by Gasteiger charge is -2.58. The highest BCUT2D eigenvalue weighted by molar-refractivity contribution is 6.43. The zero-order valence-corrected chi connectivity index (χ0v) is 27.6. The Hall–Kier alpha value is -0.480. The number of carbonyl (C=O) groups is 6. The van der Waals surface area contributed by atoms with E-state index in [0.29, 0.717) is 0 Å². The highest BCUT2D eigenvalue weighted by Crippen LogP contribution is 2.51. The average Bonchev–Trinajstić information content (AvgIpc) is 2.91. The monoisotopic (exact) mass is 722 g/mol. The minimum absolute atomic E-state index is 0.722. The van der Waals surface area contributed by atoms with Crippen molar-refractivity contribution < 1.29 is 59.4 Å². The van der Waals surface area contributed by atoms with E-state index < -0.39 is 102 Å². The molecular weight excluding hydrogens is 693 g/mol. The van der Waals surface area contributed by atoms with Crippen LogP contribution in [0.1, 0.15) is 41.5 Å². The van der Waals surface area contributed by atoms with Crippen LogP contribution in [0.15, 0.2) is 0 Å². The molecule has 10 atom stereocenters. The lowest BCUT2D eigenvalue weighted by atomic mass is 9.51. The number of halogens is 6. The Morgan fingerprint density at radius 3 is 0.929 bits per heavy atom. The van der Waals surface area contributed by atoms with Crippen molar-refractivity contribution in [3.8, 4) is 0 Å². The van der Waals surface area contributed by atoms with Gasteiger partial charge in [0.15, 0.2) is 40.3 Å². The van der Waals surface area contributed by atoms with Crippen molar-refractivity contribution >= 4 is 104 Å². The number of carbonyl (C=O) groups excluding carboxylic acids is 6. The van der Waals surface area contributed by atoms with Gasteiger partial charge in [-0.1, -0.05) is 0 Å². The summed E-state index contributed by atoms with van der Waals surface area (Å²) in [6, 6.07) is 0. The van der Waals surface area contributed by atoms with Crippen LogP contribution in [0, 0.1) is 0 Å². The first-order chi connectivity index (χ1) is 18.7. The van der Waals surface area contributed by atoms with Gasteiger partial charge >= 0.3 is 0 Å². The molecule has 0 aliphatic carbocycles. The van der Waals surface area contributed by atoms with Crippen LogP contribution in [-0.4, -0.2) is 132 Å². The molecule has 0 spiro atoms. The molecule has 0 aromatic rings. The maximum atomic E-state index is 13.9. The van der Waals surface area contributed by atoms with Crippen molar-refractivity contribution in [3.05, 3.63) is 0 Å². The lowest BCUT2D eigenvalue weighted by Crippen LogP contribution is -2.92. The molecule has 0 radical (unpaired) electrons. The van der Waals surface area contributed by atoms with Gasteiger partial charge in [-0.3, -0.25) is 28.8 Å². The first-order valence-corrected chi connectivity index (χ1v) is 14.6. The molecule has 0 aromatic carbocycles. The minimum Gasteiger partial charge on any atom is -0.393 e. The van der Waals surface area contributed by atoms with E-state index in [9.17, 15) is 59.4 Å². The highest BCUT2D eigenvalue weighted by Gasteiger charge is 2.86. The van der Waals surface area contributed by atoms with Gasteiger partial charge in [-0.25, -0.2) is 0 Å². The summed E-state index contributed by atoms with van der Waals surface area (Å²) in [5.41, 5.74) is -23.3. The van der Waals surface area contributed by atoms with Crippen LogP contribution in [0.3, 0.4) is 0 Å². The average molecular weight is 725 g/mol. The standard InChI is InChI=1S/C24H32Cl6O12/c1-8(25)14(32)20(38,7-31)22(40,17(35)11(4)28)24(42,19(37)13(6)30)23(41,18(36)12(5)29)21(39,15(33)9(2)26)16(34)10(3)27/h8-13,31,38-42H,7H2,1-6H3/t8?,9?,10?,11?,12?,13?,20-,21?,22+,23-,24-/m0/s1. The SMILES string of the molecule is CC(Cl)C(=O)C(O)(C(=O)C(C)Cl)[C@@](O)(C(=O)C(C)Cl)[C@](O)(C(=O)C(C)Cl)[C@@](O)(C(=O)C(C)Cl)[C@](O)(CO)C(=O)C(C)Cl. The van der Waals surface area contributed by atoms with Crippen molar-refractivity contribution in [1.82, 2.24) is 0 Å². The van der Waals surface area contributed by atoms with E-state index in [1.807, 2.05) is 0 Å². The molecule has 0 aromatic heterocycles. The third-order valence-electron chi connectivity index (χ3n) is 6.76. The van der Waals surface area contributed by atoms with Crippen LogP contribution in [0.25, 0.3) is 0 Å². The number of Topliss-reactive ketones (excluding diaryl/α,β-unsaturated/α-hetero) is 6. The Morgan fingerprint density at radius 1 is 0.452 bits per heavy atom. The zero-order chi connectivity index (χ0) is 34.1. The van der Waals surface area contributed by atoms with E-state index in [0.717, 1.165) is 41.5 Å². The van der Waals surface area contributed by atoms with Gasteiger partial charge in [0.1, 0.15) is 0 Å². The summed E-state index contributed by atoms with van der Waals surface area (Å²) < 4.78 is 0. The summed E-state index contributed by atoms with van der Waals surface area (Å²) in [4.78, 5) is 81.4. The van der Waals surface area contributed by atoms with E-state index in [1.165, 1.54) is 0 Å². The second kappa shape index (κ2) is 14.3. The van der Waals surface area contributed by atoms with Crippen LogP contribution >= 0.6 is 69.6 Å². The van der Waals surface area contributed by atoms with Crippen molar-refractivity contribution in [2.24, 2.45) is 0 Å². The van der Waals surface area contributed by atoms with Crippen LogP contribution in [0.5, 0.6) is 0 Å². The summed E-state index contributed by atoms with van der Waals surface area (Å²) in [6.07, 6.45) is 0. The van der Waals surface area contributed by atoms with Gasteiger partial charge in [0.05, 0.1) is 38.9 Å². The van der Waals surface area contributed by atoms with Crippen molar-refractivity contribution in [2.45, 2.75) is 102 Å². The van der Waals surface area contributed by atoms with E-state index >= 15 is 0 Å². The van der Waals surface area contributed by atoms with Gasteiger partial charge in [0.2, 0.25) is 22.4 Å². The Morgan fingerprint density at radius 2 is 0.690 bits per heavy atom. The molecule has 0 aliphatic rings.